The lowest BCUT2D eigenvalue weighted by Crippen LogP contribution is -2.37. The lowest BCUT2D eigenvalue weighted by molar-refractivity contribution is -0.119. The molecule has 5 rings (SSSR count). The van der Waals surface area contributed by atoms with E-state index in [1.165, 1.54) is 22.8 Å². The number of alkyl halides is 3. The number of benzene rings is 2. The second-order valence-corrected chi connectivity index (χ2v) is 12.2. The van der Waals surface area contributed by atoms with Crippen LogP contribution < -0.4 is 15.8 Å². The van der Waals surface area contributed by atoms with Gasteiger partial charge in [0.1, 0.15) is 11.3 Å². The summed E-state index contributed by atoms with van der Waals surface area (Å²) in [5.74, 6) is -1.02. The number of fused-ring (bicyclic) bond motifs is 1. The minimum absolute atomic E-state index is 0.0637. The molecule has 226 valence electrons. The second kappa shape index (κ2) is 12.4. The molecule has 2 aliphatic heterocycles. The summed E-state index contributed by atoms with van der Waals surface area (Å²) < 4.78 is 33.4. The van der Waals surface area contributed by atoms with E-state index in [1.807, 2.05) is 4.98 Å². The third-order valence-electron chi connectivity index (χ3n) is 6.87. The quantitative estimate of drug-likeness (QED) is 0.287. The number of cyclic esters (lactones) is 1. The fraction of sp³-hybridized carbons (Fsp3) is 0.286. The van der Waals surface area contributed by atoms with Crippen molar-refractivity contribution >= 4 is 70.2 Å². The molecule has 0 bridgehead atoms. The molecule has 1 aromatic heterocycles. The van der Waals surface area contributed by atoms with Crippen LogP contribution in [0.5, 0.6) is 0 Å². The van der Waals surface area contributed by atoms with E-state index in [9.17, 15) is 28.0 Å². The Bertz CT molecular complexity index is 1700. The largest absolute Gasteiger partial charge is 0.449 e. The summed E-state index contributed by atoms with van der Waals surface area (Å²) in [5, 5.41) is -1.07. The number of halogens is 5. The highest BCUT2D eigenvalue weighted by molar-refractivity contribution is 7.99. The van der Waals surface area contributed by atoms with Gasteiger partial charge in [-0.2, -0.15) is 8.78 Å². The molecule has 0 spiro atoms. The Labute approximate surface area is 263 Å². The average Bonchev–Trinajstić information content (AvgIpc) is 3.37. The van der Waals surface area contributed by atoms with Gasteiger partial charge in [0.15, 0.2) is 0 Å². The van der Waals surface area contributed by atoms with Crippen LogP contribution in [0.1, 0.15) is 46.1 Å². The van der Waals surface area contributed by atoms with E-state index in [2.05, 4.69) is 5.32 Å². The molecule has 0 unspecified atom stereocenters. The fourth-order valence-corrected chi connectivity index (χ4v) is 6.58. The van der Waals surface area contributed by atoms with Crippen molar-refractivity contribution in [1.29, 1.82) is 0 Å². The van der Waals surface area contributed by atoms with Crippen molar-refractivity contribution < 1.29 is 27.9 Å². The number of nitrogens with zero attached hydrogens (tertiary/aromatic N) is 2. The van der Waals surface area contributed by atoms with E-state index in [-0.39, 0.29) is 45.4 Å². The number of hydrogen-bond donors (Lipinski definition) is 2. The van der Waals surface area contributed by atoms with Crippen LogP contribution in [0.15, 0.2) is 51.0 Å². The summed E-state index contributed by atoms with van der Waals surface area (Å²) in [5.41, 5.74) is 0.269. The molecule has 1 fully saturated rings. The second-order valence-electron chi connectivity index (χ2n) is 9.84. The number of hydrogen-bond acceptors (Lipinski definition) is 6. The van der Waals surface area contributed by atoms with Gasteiger partial charge in [0.25, 0.3) is 11.5 Å². The predicted octanol–water partition coefficient (Wildman–Crippen LogP) is 6.26. The van der Waals surface area contributed by atoms with E-state index in [1.54, 1.807) is 24.3 Å². The molecule has 9 nitrogen and oxygen atoms in total. The van der Waals surface area contributed by atoms with Crippen LogP contribution in [-0.4, -0.2) is 40.9 Å². The van der Waals surface area contributed by atoms with Gasteiger partial charge >= 0.3 is 11.5 Å². The lowest BCUT2D eigenvalue weighted by Gasteiger charge is -2.26. The molecule has 0 atom stereocenters. The first-order valence-electron chi connectivity index (χ1n) is 12.9. The first-order chi connectivity index (χ1) is 20.3. The van der Waals surface area contributed by atoms with Crippen molar-refractivity contribution in [3.63, 3.8) is 0 Å². The maximum Gasteiger partial charge on any atom is 0.414 e. The third-order valence-corrected chi connectivity index (χ3v) is 9.21. The van der Waals surface area contributed by atoms with Crippen LogP contribution in [0.4, 0.5) is 19.3 Å². The van der Waals surface area contributed by atoms with Crippen molar-refractivity contribution in [2.24, 2.45) is 0 Å². The molecular formula is C28H23Cl3F2N4O5S. The van der Waals surface area contributed by atoms with Gasteiger partial charge in [-0.3, -0.25) is 19.3 Å². The maximum atomic E-state index is 14.1. The van der Waals surface area contributed by atoms with Gasteiger partial charge in [-0.05, 0) is 59.0 Å². The monoisotopic (exact) mass is 670 g/mol. The molecule has 3 amide bonds. The number of carbonyl (C=O) groups excluding carboxylic acids is 3. The number of ether oxygens (including phenoxy) is 1. The zero-order chi connectivity index (χ0) is 31.1. The number of carbonyl (C=O) groups is 3. The van der Waals surface area contributed by atoms with Crippen molar-refractivity contribution in [2.75, 3.05) is 18.1 Å². The van der Waals surface area contributed by atoms with Gasteiger partial charge in [-0.25, -0.2) is 4.79 Å². The maximum absolute atomic E-state index is 14.1. The molecule has 43 heavy (non-hydrogen) atoms. The van der Waals surface area contributed by atoms with Gasteiger partial charge in [-0.1, -0.05) is 47.1 Å². The van der Waals surface area contributed by atoms with Gasteiger partial charge in [-0.15, -0.1) is 0 Å². The molecule has 2 aliphatic rings. The summed E-state index contributed by atoms with van der Waals surface area (Å²) in [7, 11) is 0. The Balaban J connectivity index is 1.49. The molecule has 2 aromatic carbocycles. The van der Waals surface area contributed by atoms with Crippen LogP contribution in [-0.2, 0) is 34.5 Å². The van der Waals surface area contributed by atoms with E-state index in [4.69, 9.17) is 39.5 Å². The highest BCUT2D eigenvalue weighted by Gasteiger charge is 2.35. The summed E-state index contributed by atoms with van der Waals surface area (Å²) >= 11 is 19.0. The Morgan fingerprint density at radius 3 is 2.56 bits per heavy atom. The number of H-pyrrole nitrogens is 1. The molecule has 0 radical (unpaired) electrons. The topological polar surface area (TPSA) is 112 Å². The SMILES string of the molecule is CC(=O)NCc1ccc(Cl)c(Sc2cc(C(F)(F)Cl)[nH]c(=O)c2C(=O)N2Cc3ccc(N4CCCOC4=O)cc3C2)c1Cl. The zero-order valence-corrected chi connectivity index (χ0v) is 25.5. The summed E-state index contributed by atoms with van der Waals surface area (Å²) in [4.78, 5) is 55.6. The summed E-state index contributed by atoms with van der Waals surface area (Å²) in [6, 6.07) is 9.34. The van der Waals surface area contributed by atoms with Gasteiger partial charge in [0.05, 0.1) is 16.7 Å². The molecule has 3 heterocycles. The fourth-order valence-electron chi connectivity index (χ4n) is 4.74. The van der Waals surface area contributed by atoms with Crippen LogP contribution >= 0.6 is 46.6 Å². The van der Waals surface area contributed by atoms with Crippen molar-refractivity contribution in [3.8, 4) is 0 Å². The Hall–Kier alpha value is -3.32. The first kappa shape index (κ1) is 31.1. The normalized spacial score (nSPS) is 14.9. The smallest absolute Gasteiger partial charge is 0.414 e. The van der Waals surface area contributed by atoms with Crippen molar-refractivity contribution in [2.45, 2.75) is 48.2 Å². The minimum Gasteiger partial charge on any atom is -0.449 e. The Kier molecular flexibility index (Phi) is 8.94. The van der Waals surface area contributed by atoms with E-state index in [0.717, 1.165) is 29.0 Å². The van der Waals surface area contributed by atoms with Crippen LogP contribution in [0.2, 0.25) is 10.0 Å². The average molecular weight is 672 g/mol. The Morgan fingerprint density at radius 2 is 1.86 bits per heavy atom. The van der Waals surface area contributed by atoms with Crippen molar-refractivity contribution in [1.82, 2.24) is 15.2 Å². The number of aromatic nitrogens is 1. The number of anilines is 1. The number of pyridine rings is 1. The summed E-state index contributed by atoms with van der Waals surface area (Å²) in [6.07, 6.45) is 0.220. The highest BCUT2D eigenvalue weighted by Crippen LogP contribution is 2.43. The lowest BCUT2D eigenvalue weighted by atomic mass is 10.1. The van der Waals surface area contributed by atoms with Crippen LogP contribution in [0.3, 0.4) is 0 Å². The number of nitrogens with one attached hydrogen (secondary N) is 2. The molecule has 0 saturated carbocycles. The van der Waals surface area contributed by atoms with E-state index in [0.29, 0.717) is 30.8 Å². The highest BCUT2D eigenvalue weighted by atomic mass is 35.5. The molecule has 15 heteroatoms. The molecule has 2 N–H and O–H groups in total. The summed E-state index contributed by atoms with van der Waals surface area (Å²) in [6.45, 7) is 2.49. The number of rotatable bonds is 7. The zero-order valence-electron chi connectivity index (χ0n) is 22.4. The minimum atomic E-state index is -3.94. The number of aromatic amines is 1. The third kappa shape index (κ3) is 6.62. The van der Waals surface area contributed by atoms with Crippen molar-refractivity contribution in [3.05, 3.63) is 84.7 Å². The molecule has 3 aromatic rings. The van der Waals surface area contributed by atoms with Gasteiger partial charge in [0, 0.05) is 48.6 Å². The van der Waals surface area contributed by atoms with Crippen LogP contribution in [0.25, 0.3) is 0 Å². The first-order valence-corrected chi connectivity index (χ1v) is 14.9. The van der Waals surface area contributed by atoms with E-state index >= 15 is 0 Å². The van der Waals surface area contributed by atoms with Gasteiger partial charge in [0.2, 0.25) is 5.91 Å². The predicted molar refractivity (Wildman–Crippen MR) is 158 cm³/mol. The Morgan fingerprint density at radius 1 is 1.12 bits per heavy atom. The molecule has 0 aliphatic carbocycles. The van der Waals surface area contributed by atoms with Crippen LogP contribution in [0, 0.1) is 0 Å². The van der Waals surface area contributed by atoms with Gasteiger partial charge < -0.3 is 19.9 Å². The molecular weight excluding hydrogens is 649 g/mol. The molecule has 1 saturated heterocycles. The standard InChI is InChI=1S/C28H23Cl3F2N4O5S/c1-14(38)34-11-15-4-6-19(29)24(23(15)30)43-20-10-21(28(31,32)33)35-25(39)22(20)26(40)36-12-16-3-5-18(9-17(16)13-36)37-7-2-8-42-27(37)41/h3-6,9-10H,2,7-8,11-13H2,1H3,(H,34,38)(H,35,39). The van der Waals surface area contributed by atoms with E-state index < -0.39 is 34.2 Å². The number of amides is 3.